The van der Waals surface area contributed by atoms with Crippen molar-refractivity contribution in [3.8, 4) is 0 Å². The fourth-order valence-electron chi connectivity index (χ4n) is 1.45. The summed E-state index contributed by atoms with van der Waals surface area (Å²) in [5.41, 5.74) is 1.04. The highest BCUT2D eigenvalue weighted by Gasteiger charge is 2.07. The van der Waals surface area contributed by atoms with Crippen LogP contribution in [0.2, 0.25) is 5.02 Å². The summed E-state index contributed by atoms with van der Waals surface area (Å²) in [7, 11) is 0. The number of benzene rings is 2. The van der Waals surface area contributed by atoms with Crippen LogP contribution in [0.15, 0.2) is 46.9 Å². The average molecular weight is 360 g/mol. The van der Waals surface area contributed by atoms with Gasteiger partial charge in [-0.15, -0.1) is 0 Å². The minimum atomic E-state index is -0.525. The lowest BCUT2D eigenvalue weighted by molar-refractivity contribution is 0.632. The van der Waals surface area contributed by atoms with Crippen molar-refractivity contribution >= 4 is 56.2 Å². The van der Waals surface area contributed by atoms with Crippen molar-refractivity contribution in [1.82, 2.24) is 0 Å². The van der Waals surface area contributed by atoms with Crippen LogP contribution in [0.3, 0.4) is 0 Å². The van der Waals surface area contributed by atoms with Crippen LogP contribution in [0.1, 0.15) is 0 Å². The fraction of sp³-hybridized carbons (Fsp3) is 0. The Bertz CT molecular complexity index is 621. The molecule has 0 bridgehead atoms. The summed E-state index contributed by atoms with van der Waals surface area (Å²) in [5.74, 6) is -0.525. The predicted octanol–water partition coefficient (Wildman–Crippen LogP) is 5.05. The monoisotopic (exact) mass is 358 g/mol. The molecule has 0 atom stereocenters. The normalized spacial score (nSPS) is 10.1. The van der Waals surface area contributed by atoms with E-state index >= 15 is 0 Å². The predicted molar refractivity (Wildman–Crippen MR) is 85.4 cm³/mol. The van der Waals surface area contributed by atoms with Gasteiger partial charge in [0.25, 0.3) is 0 Å². The van der Waals surface area contributed by atoms with E-state index in [1.807, 2.05) is 24.3 Å². The first-order valence-corrected chi connectivity index (χ1v) is 6.92. The maximum atomic E-state index is 13.7. The van der Waals surface area contributed by atoms with E-state index in [1.165, 1.54) is 6.07 Å². The van der Waals surface area contributed by atoms with Crippen LogP contribution in [0.4, 0.5) is 15.8 Å². The molecular weight excluding hydrogens is 351 g/mol. The minimum Gasteiger partial charge on any atom is -0.332 e. The molecule has 0 aromatic heterocycles. The van der Waals surface area contributed by atoms with Crippen molar-refractivity contribution in [3.05, 3.63) is 57.8 Å². The highest BCUT2D eigenvalue weighted by molar-refractivity contribution is 9.10. The third-order valence-electron chi connectivity index (χ3n) is 2.28. The van der Waals surface area contributed by atoms with Gasteiger partial charge in [0.2, 0.25) is 0 Å². The van der Waals surface area contributed by atoms with Gasteiger partial charge in [-0.1, -0.05) is 39.7 Å². The van der Waals surface area contributed by atoms with Crippen LogP contribution in [0.25, 0.3) is 0 Å². The van der Waals surface area contributed by atoms with Crippen LogP contribution < -0.4 is 10.6 Å². The first-order chi connectivity index (χ1) is 9.06. The summed E-state index contributed by atoms with van der Waals surface area (Å²) in [4.78, 5) is 0. The van der Waals surface area contributed by atoms with Crippen molar-refractivity contribution < 1.29 is 4.39 Å². The second kappa shape index (κ2) is 6.32. The van der Waals surface area contributed by atoms with Gasteiger partial charge in [-0.05, 0) is 42.5 Å². The summed E-state index contributed by atoms with van der Waals surface area (Å²) in [6.07, 6.45) is 0. The summed E-state index contributed by atoms with van der Waals surface area (Å²) < 4.78 is 14.6. The highest BCUT2D eigenvalue weighted by Crippen LogP contribution is 2.22. The molecule has 0 saturated heterocycles. The molecule has 0 amide bonds. The Morgan fingerprint density at radius 3 is 2.63 bits per heavy atom. The van der Waals surface area contributed by atoms with Crippen LogP contribution in [0.5, 0.6) is 0 Å². The zero-order valence-corrected chi connectivity index (χ0v) is 12.7. The van der Waals surface area contributed by atoms with Gasteiger partial charge in [0.1, 0.15) is 0 Å². The van der Waals surface area contributed by atoms with E-state index in [0.717, 1.165) is 10.2 Å². The van der Waals surface area contributed by atoms with E-state index in [2.05, 4.69) is 26.6 Å². The molecule has 0 saturated carbocycles. The molecule has 0 heterocycles. The summed E-state index contributed by atoms with van der Waals surface area (Å²) >= 11 is 14.2. The molecule has 2 aromatic rings. The van der Waals surface area contributed by atoms with Crippen LogP contribution in [-0.2, 0) is 0 Å². The van der Waals surface area contributed by atoms with Crippen LogP contribution in [0, 0.1) is 5.82 Å². The minimum absolute atomic E-state index is 0.0512. The smallest absolute Gasteiger partial charge is 0.175 e. The molecule has 0 aliphatic carbocycles. The van der Waals surface area contributed by atoms with Gasteiger partial charge in [-0.25, -0.2) is 4.39 Å². The Morgan fingerprint density at radius 2 is 1.89 bits per heavy atom. The molecule has 2 rings (SSSR count). The first-order valence-electron chi connectivity index (χ1n) is 5.34. The Labute approximate surface area is 129 Å². The second-order valence-electron chi connectivity index (χ2n) is 3.69. The molecule has 0 spiro atoms. The summed E-state index contributed by atoms with van der Waals surface area (Å²) in [6.45, 7) is 0. The van der Waals surface area contributed by atoms with Crippen molar-refractivity contribution in [3.63, 3.8) is 0 Å². The van der Waals surface area contributed by atoms with E-state index in [9.17, 15) is 4.39 Å². The van der Waals surface area contributed by atoms with Crippen molar-refractivity contribution in [2.24, 2.45) is 0 Å². The van der Waals surface area contributed by atoms with E-state index in [0.29, 0.717) is 5.11 Å². The van der Waals surface area contributed by atoms with Gasteiger partial charge in [0.05, 0.1) is 10.7 Å². The number of hydrogen-bond donors (Lipinski definition) is 2. The lowest BCUT2D eigenvalue weighted by atomic mass is 10.3. The molecular formula is C13H9BrClFN2S. The molecule has 2 nitrogen and oxygen atoms in total. The molecule has 0 radical (unpaired) electrons. The summed E-state index contributed by atoms with van der Waals surface area (Å²) in [5, 5.41) is 6.07. The largest absolute Gasteiger partial charge is 0.332 e. The average Bonchev–Trinajstić information content (AvgIpc) is 2.35. The van der Waals surface area contributed by atoms with Crippen molar-refractivity contribution in [2.45, 2.75) is 0 Å². The Hall–Kier alpha value is -1.17. The molecule has 0 unspecified atom stereocenters. The maximum absolute atomic E-state index is 13.7. The number of anilines is 2. The number of halogens is 3. The fourth-order valence-corrected chi connectivity index (χ4v) is 2.25. The number of rotatable bonds is 2. The molecule has 2 N–H and O–H groups in total. The van der Waals surface area contributed by atoms with Crippen LogP contribution in [-0.4, -0.2) is 5.11 Å². The van der Waals surface area contributed by atoms with E-state index in [1.54, 1.807) is 12.1 Å². The van der Waals surface area contributed by atoms with Gasteiger partial charge in [-0.2, -0.15) is 0 Å². The third kappa shape index (κ3) is 3.89. The second-order valence-corrected chi connectivity index (χ2v) is 5.42. The third-order valence-corrected chi connectivity index (χ3v) is 3.27. The molecule has 2 aromatic carbocycles. The van der Waals surface area contributed by atoms with Crippen LogP contribution >= 0.6 is 39.7 Å². The summed E-state index contributed by atoms with van der Waals surface area (Å²) in [6, 6.07) is 12.2. The maximum Gasteiger partial charge on any atom is 0.175 e. The Morgan fingerprint density at radius 1 is 1.16 bits per heavy atom. The zero-order valence-electron chi connectivity index (χ0n) is 9.58. The highest BCUT2D eigenvalue weighted by atomic mass is 79.9. The molecule has 19 heavy (non-hydrogen) atoms. The molecule has 0 aliphatic rings. The Balaban J connectivity index is 2.08. The molecule has 0 aliphatic heterocycles. The van der Waals surface area contributed by atoms with Gasteiger partial charge < -0.3 is 10.6 Å². The number of nitrogens with one attached hydrogen (secondary N) is 2. The molecule has 98 valence electrons. The van der Waals surface area contributed by atoms with Crippen molar-refractivity contribution in [1.29, 1.82) is 0 Å². The standard InChI is InChI=1S/C13H9BrClFN2S/c14-8-3-1-4-9(7-8)17-13(19)18-11-6-2-5-10(15)12(11)16/h1-7H,(H2,17,18,19). The quantitative estimate of drug-likeness (QED) is 0.734. The van der Waals surface area contributed by atoms with Gasteiger partial charge in [0.15, 0.2) is 10.9 Å². The Kier molecular flexibility index (Phi) is 4.74. The van der Waals surface area contributed by atoms with Gasteiger partial charge in [0, 0.05) is 10.2 Å². The van der Waals surface area contributed by atoms with Gasteiger partial charge in [-0.3, -0.25) is 0 Å². The SMILES string of the molecule is Fc1c(Cl)cccc1NC(=S)Nc1cccc(Br)c1. The van der Waals surface area contributed by atoms with E-state index in [-0.39, 0.29) is 10.7 Å². The topological polar surface area (TPSA) is 24.1 Å². The zero-order chi connectivity index (χ0) is 13.8. The lowest BCUT2D eigenvalue weighted by Gasteiger charge is -2.11. The molecule has 0 fully saturated rings. The van der Waals surface area contributed by atoms with E-state index in [4.69, 9.17) is 23.8 Å². The first kappa shape index (κ1) is 14.2. The number of thiocarbonyl (C=S) groups is 1. The number of hydrogen-bond acceptors (Lipinski definition) is 1. The lowest BCUT2D eigenvalue weighted by Crippen LogP contribution is -2.19. The van der Waals surface area contributed by atoms with Gasteiger partial charge >= 0.3 is 0 Å². The van der Waals surface area contributed by atoms with E-state index < -0.39 is 5.82 Å². The molecule has 6 heteroatoms. The van der Waals surface area contributed by atoms with Crippen molar-refractivity contribution in [2.75, 3.05) is 10.6 Å².